The van der Waals surface area contributed by atoms with E-state index in [0.717, 1.165) is 0 Å². The fourth-order valence-corrected chi connectivity index (χ4v) is 2.15. The maximum absolute atomic E-state index is 13.8. The van der Waals surface area contributed by atoms with Gasteiger partial charge in [0.25, 0.3) is 5.91 Å². The number of aliphatic hydroxyl groups is 1. The third-order valence-corrected chi connectivity index (χ3v) is 3.65. The maximum Gasteiger partial charge on any atom is 0.254 e. The van der Waals surface area contributed by atoms with Gasteiger partial charge in [0.15, 0.2) is 0 Å². The first-order valence-electron chi connectivity index (χ1n) is 6.31. The molecular weight excluding hydrogens is 249 g/mol. The summed E-state index contributed by atoms with van der Waals surface area (Å²) in [4.78, 5) is 11.9. The number of rotatable bonds is 3. The molecule has 1 aromatic carbocycles. The highest BCUT2D eigenvalue weighted by molar-refractivity contribution is 5.94. The van der Waals surface area contributed by atoms with Gasteiger partial charge in [-0.1, -0.05) is 12.1 Å². The summed E-state index contributed by atoms with van der Waals surface area (Å²) in [5.41, 5.74) is -0.658. The Kier molecular flexibility index (Phi) is 3.87. The highest BCUT2D eigenvalue weighted by Crippen LogP contribution is 2.24. The number of hydrogen-bond donors (Lipinski definition) is 2. The zero-order valence-electron chi connectivity index (χ0n) is 11.1. The van der Waals surface area contributed by atoms with E-state index in [9.17, 15) is 14.3 Å². The van der Waals surface area contributed by atoms with Crippen molar-refractivity contribution in [3.8, 4) is 0 Å². The van der Waals surface area contributed by atoms with Crippen LogP contribution in [0.3, 0.4) is 0 Å². The lowest BCUT2D eigenvalue weighted by molar-refractivity contribution is -0.0251. The van der Waals surface area contributed by atoms with Crippen molar-refractivity contribution in [1.82, 2.24) is 5.32 Å². The summed E-state index contributed by atoms with van der Waals surface area (Å²) in [5, 5.41) is 12.8. The average molecular weight is 267 g/mol. The van der Waals surface area contributed by atoms with Crippen LogP contribution in [0.25, 0.3) is 0 Å². The zero-order valence-corrected chi connectivity index (χ0v) is 11.1. The van der Waals surface area contributed by atoms with Gasteiger partial charge >= 0.3 is 0 Å². The molecular formula is C14H18FNO3. The van der Waals surface area contributed by atoms with Gasteiger partial charge < -0.3 is 15.2 Å². The molecule has 0 radical (unpaired) electrons. The highest BCUT2D eigenvalue weighted by Gasteiger charge is 2.39. The van der Waals surface area contributed by atoms with Crippen LogP contribution in [-0.4, -0.2) is 35.9 Å². The van der Waals surface area contributed by atoms with E-state index in [1.165, 1.54) is 6.07 Å². The number of ether oxygens (including phenoxy) is 1. The minimum Gasteiger partial charge on any atom is -0.385 e. The number of nitrogens with one attached hydrogen (secondary N) is 1. The average Bonchev–Trinajstić information content (AvgIpc) is 2.71. The van der Waals surface area contributed by atoms with E-state index >= 15 is 0 Å². The molecule has 0 aliphatic carbocycles. The molecule has 1 aliphatic rings. The van der Waals surface area contributed by atoms with Gasteiger partial charge in [0.05, 0.1) is 11.7 Å². The molecule has 0 aromatic heterocycles. The summed E-state index contributed by atoms with van der Waals surface area (Å²) in [5.74, 6) is -1.04. The molecule has 1 aliphatic heterocycles. The minimum absolute atomic E-state index is 0.00447. The topological polar surface area (TPSA) is 58.6 Å². The van der Waals surface area contributed by atoms with Crippen molar-refractivity contribution in [2.24, 2.45) is 0 Å². The van der Waals surface area contributed by atoms with Crippen LogP contribution >= 0.6 is 0 Å². The van der Waals surface area contributed by atoms with E-state index in [4.69, 9.17) is 4.74 Å². The molecule has 0 spiro atoms. The SMILES string of the molecule is Cc1cccc(C(=O)NCC2(O)CCOC2C)c1F. The van der Waals surface area contributed by atoms with E-state index in [1.807, 2.05) is 0 Å². The monoisotopic (exact) mass is 267 g/mol. The molecule has 1 heterocycles. The third-order valence-electron chi connectivity index (χ3n) is 3.65. The number of halogens is 1. The maximum atomic E-state index is 13.8. The number of hydrogen-bond acceptors (Lipinski definition) is 3. The number of carbonyl (C=O) groups is 1. The minimum atomic E-state index is -1.07. The van der Waals surface area contributed by atoms with E-state index in [0.29, 0.717) is 18.6 Å². The Hall–Kier alpha value is -1.46. The fraction of sp³-hybridized carbons (Fsp3) is 0.500. The number of aryl methyl sites for hydroxylation is 1. The Bertz CT molecular complexity index is 492. The molecule has 0 saturated carbocycles. The van der Waals surface area contributed by atoms with Crippen LogP contribution in [0.1, 0.15) is 29.3 Å². The van der Waals surface area contributed by atoms with Gasteiger partial charge in [0, 0.05) is 19.6 Å². The van der Waals surface area contributed by atoms with E-state index in [1.54, 1.807) is 26.0 Å². The summed E-state index contributed by atoms with van der Waals surface area (Å²) in [6, 6.07) is 4.66. The molecule has 1 aromatic rings. The predicted octanol–water partition coefficient (Wildman–Crippen LogP) is 1.40. The van der Waals surface area contributed by atoms with Gasteiger partial charge in [-0.15, -0.1) is 0 Å². The molecule has 2 rings (SSSR count). The zero-order chi connectivity index (χ0) is 14.0. The van der Waals surface area contributed by atoms with Crippen molar-refractivity contribution in [2.45, 2.75) is 32.0 Å². The molecule has 2 unspecified atom stereocenters. The second kappa shape index (κ2) is 5.27. The van der Waals surface area contributed by atoms with Crippen LogP contribution in [0.15, 0.2) is 18.2 Å². The lowest BCUT2D eigenvalue weighted by Crippen LogP contribution is -2.47. The summed E-state index contributed by atoms with van der Waals surface area (Å²) >= 11 is 0. The highest BCUT2D eigenvalue weighted by atomic mass is 19.1. The van der Waals surface area contributed by atoms with Gasteiger partial charge in [-0.05, 0) is 25.5 Å². The van der Waals surface area contributed by atoms with Crippen LogP contribution in [0.5, 0.6) is 0 Å². The normalized spacial score (nSPS) is 26.4. The molecule has 0 bridgehead atoms. The Labute approximate surface area is 111 Å². The smallest absolute Gasteiger partial charge is 0.254 e. The van der Waals surface area contributed by atoms with Crippen LogP contribution in [0.4, 0.5) is 4.39 Å². The number of amides is 1. The lowest BCUT2D eigenvalue weighted by Gasteiger charge is -2.26. The Balaban J connectivity index is 2.04. The fourth-order valence-electron chi connectivity index (χ4n) is 2.15. The first kappa shape index (κ1) is 14.0. The number of benzene rings is 1. The van der Waals surface area contributed by atoms with Crippen molar-refractivity contribution in [2.75, 3.05) is 13.2 Å². The quantitative estimate of drug-likeness (QED) is 0.870. The van der Waals surface area contributed by atoms with Gasteiger partial charge in [-0.2, -0.15) is 0 Å². The molecule has 4 nitrogen and oxygen atoms in total. The van der Waals surface area contributed by atoms with Crippen LogP contribution in [0, 0.1) is 12.7 Å². The Morgan fingerprint density at radius 3 is 3.00 bits per heavy atom. The summed E-state index contributed by atoms with van der Waals surface area (Å²) in [7, 11) is 0. The third kappa shape index (κ3) is 2.77. The van der Waals surface area contributed by atoms with Crippen molar-refractivity contribution in [3.63, 3.8) is 0 Å². The van der Waals surface area contributed by atoms with E-state index < -0.39 is 17.3 Å². The van der Waals surface area contributed by atoms with E-state index in [2.05, 4.69) is 5.32 Å². The molecule has 1 saturated heterocycles. The molecule has 1 amide bonds. The Morgan fingerprint density at radius 1 is 1.63 bits per heavy atom. The molecule has 1 fully saturated rings. The molecule has 2 N–H and O–H groups in total. The van der Waals surface area contributed by atoms with Gasteiger partial charge in [-0.3, -0.25) is 4.79 Å². The first-order chi connectivity index (χ1) is 8.94. The van der Waals surface area contributed by atoms with Crippen molar-refractivity contribution in [3.05, 3.63) is 35.1 Å². The summed E-state index contributed by atoms with van der Waals surface area (Å²) in [6.07, 6.45) is 0.125. The van der Waals surface area contributed by atoms with E-state index in [-0.39, 0.29) is 18.2 Å². The predicted molar refractivity (Wildman–Crippen MR) is 68.5 cm³/mol. The van der Waals surface area contributed by atoms with Crippen LogP contribution in [0.2, 0.25) is 0 Å². The summed E-state index contributed by atoms with van der Waals surface area (Å²) in [6.45, 7) is 3.88. The second-order valence-corrected chi connectivity index (χ2v) is 4.99. The molecule has 19 heavy (non-hydrogen) atoms. The first-order valence-corrected chi connectivity index (χ1v) is 6.31. The molecule has 104 valence electrons. The molecule has 5 heteroatoms. The van der Waals surface area contributed by atoms with Gasteiger partial charge in [-0.25, -0.2) is 4.39 Å². The molecule has 2 atom stereocenters. The lowest BCUT2D eigenvalue weighted by atomic mass is 9.96. The van der Waals surface area contributed by atoms with Crippen LogP contribution in [-0.2, 0) is 4.74 Å². The number of carbonyl (C=O) groups excluding carboxylic acids is 1. The van der Waals surface area contributed by atoms with Crippen LogP contribution < -0.4 is 5.32 Å². The summed E-state index contributed by atoms with van der Waals surface area (Å²) < 4.78 is 19.1. The largest absolute Gasteiger partial charge is 0.385 e. The van der Waals surface area contributed by atoms with Gasteiger partial charge in [0.2, 0.25) is 0 Å². The van der Waals surface area contributed by atoms with Gasteiger partial charge in [0.1, 0.15) is 11.4 Å². The van der Waals surface area contributed by atoms with Crippen molar-refractivity contribution in [1.29, 1.82) is 0 Å². The standard InChI is InChI=1S/C14H18FNO3/c1-9-4-3-5-11(12(9)15)13(17)16-8-14(18)6-7-19-10(14)2/h3-5,10,18H,6-8H2,1-2H3,(H,16,17). The Morgan fingerprint density at radius 2 is 2.37 bits per heavy atom. The van der Waals surface area contributed by atoms with Crippen molar-refractivity contribution >= 4 is 5.91 Å². The van der Waals surface area contributed by atoms with Crippen molar-refractivity contribution < 1.29 is 19.0 Å². The second-order valence-electron chi connectivity index (χ2n) is 4.99.